The first-order valence-electron chi connectivity index (χ1n) is 5.85. The van der Waals surface area contributed by atoms with Crippen molar-refractivity contribution in [3.8, 4) is 0 Å². The zero-order valence-corrected chi connectivity index (χ0v) is 10.9. The molecule has 1 fully saturated rings. The topological polar surface area (TPSA) is 87.5 Å². The van der Waals surface area contributed by atoms with Crippen LogP contribution in [-0.2, 0) is 10.0 Å². The van der Waals surface area contributed by atoms with Gasteiger partial charge in [-0.05, 0) is 24.3 Å². The molecule has 1 aromatic rings. The van der Waals surface area contributed by atoms with Crippen LogP contribution in [0, 0.1) is 0 Å². The van der Waals surface area contributed by atoms with E-state index in [1.165, 1.54) is 12.1 Å². The van der Waals surface area contributed by atoms with Gasteiger partial charge in [-0.2, -0.15) is 0 Å². The quantitative estimate of drug-likeness (QED) is 0.693. The van der Waals surface area contributed by atoms with E-state index >= 15 is 0 Å². The van der Waals surface area contributed by atoms with Crippen molar-refractivity contribution in [2.24, 2.45) is 5.14 Å². The molecular formula is C11H18N4O2S. The Bertz CT molecular complexity index is 480. The summed E-state index contributed by atoms with van der Waals surface area (Å²) in [6.07, 6.45) is 0. The summed E-state index contributed by atoms with van der Waals surface area (Å²) in [5.41, 5.74) is 0.890. The summed E-state index contributed by atoms with van der Waals surface area (Å²) in [6.45, 7) is 4.80. The van der Waals surface area contributed by atoms with Crippen LogP contribution in [0.5, 0.6) is 0 Å². The molecule has 18 heavy (non-hydrogen) atoms. The number of benzene rings is 1. The van der Waals surface area contributed by atoms with E-state index in [1.807, 2.05) is 0 Å². The zero-order valence-electron chi connectivity index (χ0n) is 10.1. The van der Waals surface area contributed by atoms with Crippen molar-refractivity contribution in [2.75, 3.05) is 38.2 Å². The van der Waals surface area contributed by atoms with E-state index in [4.69, 9.17) is 5.14 Å². The standard InChI is InChI=1S/C11H18N4O2S/c12-18(16,17)11-3-1-10(2-4-11)14-9-15-7-5-13-6-8-15/h1-4,13-14H,5-9H2,(H2,12,16,17). The van der Waals surface area contributed by atoms with Gasteiger partial charge >= 0.3 is 0 Å². The molecule has 0 amide bonds. The highest BCUT2D eigenvalue weighted by molar-refractivity contribution is 7.89. The smallest absolute Gasteiger partial charge is 0.238 e. The fourth-order valence-electron chi connectivity index (χ4n) is 1.83. The number of nitrogens with two attached hydrogens (primary N) is 1. The highest BCUT2D eigenvalue weighted by Crippen LogP contribution is 2.12. The van der Waals surface area contributed by atoms with Crippen LogP contribution in [0.15, 0.2) is 29.2 Å². The summed E-state index contributed by atoms with van der Waals surface area (Å²) >= 11 is 0. The number of nitrogens with zero attached hydrogens (tertiary/aromatic N) is 1. The van der Waals surface area contributed by atoms with E-state index in [9.17, 15) is 8.42 Å². The van der Waals surface area contributed by atoms with Crippen molar-refractivity contribution in [1.29, 1.82) is 0 Å². The second-order valence-corrected chi connectivity index (χ2v) is 5.83. The zero-order chi connectivity index (χ0) is 13.0. The summed E-state index contributed by atoms with van der Waals surface area (Å²) in [7, 11) is -3.60. The summed E-state index contributed by atoms with van der Waals surface area (Å²) in [5.74, 6) is 0. The molecule has 0 saturated carbocycles. The molecule has 1 aromatic carbocycles. The molecule has 0 aliphatic carbocycles. The minimum Gasteiger partial charge on any atom is -0.372 e. The summed E-state index contributed by atoms with van der Waals surface area (Å²) < 4.78 is 22.2. The number of rotatable bonds is 4. The molecule has 0 spiro atoms. The van der Waals surface area contributed by atoms with E-state index in [-0.39, 0.29) is 4.90 Å². The lowest BCUT2D eigenvalue weighted by Gasteiger charge is -2.27. The van der Waals surface area contributed by atoms with E-state index in [2.05, 4.69) is 15.5 Å². The first kappa shape index (κ1) is 13.3. The molecule has 0 atom stereocenters. The summed E-state index contributed by atoms with van der Waals surface area (Å²) in [4.78, 5) is 2.43. The number of sulfonamides is 1. The van der Waals surface area contributed by atoms with Gasteiger partial charge in [-0.1, -0.05) is 0 Å². The Labute approximate surface area is 107 Å². The molecule has 4 N–H and O–H groups in total. The Kier molecular flexibility index (Phi) is 4.18. The molecule has 1 heterocycles. The monoisotopic (exact) mass is 270 g/mol. The van der Waals surface area contributed by atoms with Crippen molar-refractivity contribution in [3.05, 3.63) is 24.3 Å². The molecule has 0 radical (unpaired) electrons. The van der Waals surface area contributed by atoms with Gasteiger partial charge in [0.15, 0.2) is 0 Å². The Morgan fingerprint density at radius 1 is 1.22 bits per heavy atom. The molecule has 1 aliphatic rings. The number of anilines is 1. The van der Waals surface area contributed by atoms with Gasteiger partial charge in [0, 0.05) is 31.9 Å². The predicted octanol–water partition coefficient (Wildman–Crippen LogP) is -0.391. The van der Waals surface area contributed by atoms with Crippen LogP contribution < -0.4 is 15.8 Å². The van der Waals surface area contributed by atoms with Gasteiger partial charge in [0.05, 0.1) is 11.6 Å². The van der Waals surface area contributed by atoms with Gasteiger partial charge in [0.2, 0.25) is 10.0 Å². The fourth-order valence-corrected chi connectivity index (χ4v) is 2.35. The number of hydrogen-bond donors (Lipinski definition) is 3. The van der Waals surface area contributed by atoms with Crippen LogP contribution in [0.25, 0.3) is 0 Å². The van der Waals surface area contributed by atoms with Crippen molar-refractivity contribution >= 4 is 15.7 Å². The van der Waals surface area contributed by atoms with Crippen LogP contribution in [0.1, 0.15) is 0 Å². The van der Waals surface area contributed by atoms with Crippen molar-refractivity contribution in [1.82, 2.24) is 10.2 Å². The van der Waals surface area contributed by atoms with E-state index in [0.29, 0.717) is 0 Å². The Balaban J connectivity index is 1.90. The van der Waals surface area contributed by atoms with Crippen molar-refractivity contribution in [2.45, 2.75) is 4.90 Å². The number of primary sulfonamides is 1. The average Bonchev–Trinajstić information content (AvgIpc) is 2.37. The van der Waals surface area contributed by atoms with Gasteiger partial charge in [0.25, 0.3) is 0 Å². The lowest BCUT2D eigenvalue weighted by molar-refractivity contribution is 0.256. The largest absolute Gasteiger partial charge is 0.372 e. The number of piperazine rings is 1. The van der Waals surface area contributed by atoms with E-state index in [0.717, 1.165) is 38.5 Å². The molecular weight excluding hydrogens is 252 g/mol. The normalized spacial score (nSPS) is 17.6. The molecule has 6 nitrogen and oxygen atoms in total. The fraction of sp³-hybridized carbons (Fsp3) is 0.455. The van der Waals surface area contributed by atoms with Crippen LogP contribution in [0.2, 0.25) is 0 Å². The molecule has 7 heteroatoms. The molecule has 0 aromatic heterocycles. The second-order valence-electron chi connectivity index (χ2n) is 4.27. The van der Waals surface area contributed by atoms with E-state index < -0.39 is 10.0 Å². The number of hydrogen-bond acceptors (Lipinski definition) is 5. The average molecular weight is 270 g/mol. The van der Waals surface area contributed by atoms with Gasteiger partial charge < -0.3 is 10.6 Å². The maximum absolute atomic E-state index is 11.1. The highest BCUT2D eigenvalue weighted by Gasteiger charge is 2.09. The van der Waals surface area contributed by atoms with Gasteiger partial charge in [-0.15, -0.1) is 0 Å². The second kappa shape index (κ2) is 5.66. The first-order valence-corrected chi connectivity index (χ1v) is 7.40. The minimum atomic E-state index is -3.60. The maximum atomic E-state index is 11.1. The number of nitrogens with one attached hydrogen (secondary N) is 2. The van der Waals surface area contributed by atoms with Crippen molar-refractivity contribution in [3.63, 3.8) is 0 Å². The Hall–Kier alpha value is -1.15. The molecule has 0 unspecified atom stereocenters. The third-order valence-electron chi connectivity index (χ3n) is 2.90. The van der Waals surface area contributed by atoms with Gasteiger partial charge in [-0.3, -0.25) is 4.90 Å². The Morgan fingerprint density at radius 2 is 1.83 bits per heavy atom. The molecule has 0 bridgehead atoms. The lowest BCUT2D eigenvalue weighted by Crippen LogP contribution is -2.45. The third-order valence-corrected chi connectivity index (χ3v) is 3.83. The molecule has 1 saturated heterocycles. The summed E-state index contributed by atoms with van der Waals surface area (Å²) in [5, 5.41) is 11.6. The van der Waals surface area contributed by atoms with Crippen LogP contribution >= 0.6 is 0 Å². The first-order chi connectivity index (χ1) is 8.55. The highest BCUT2D eigenvalue weighted by atomic mass is 32.2. The van der Waals surface area contributed by atoms with Gasteiger partial charge in [-0.25, -0.2) is 13.6 Å². The lowest BCUT2D eigenvalue weighted by atomic mass is 10.3. The minimum absolute atomic E-state index is 0.134. The third kappa shape index (κ3) is 3.67. The predicted molar refractivity (Wildman–Crippen MR) is 70.7 cm³/mol. The van der Waals surface area contributed by atoms with Crippen molar-refractivity contribution < 1.29 is 8.42 Å². The van der Waals surface area contributed by atoms with Crippen LogP contribution in [0.4, 0.5) is 5.69 Å². The maximum Gasteiger partial charge on any atom is 0.238 e. The summed E-state index contributed by atoms with van der Waals surface area (Å²) in [6, 6.07) is 6.47. The Morgan fingerprint density at radius 3 is 2.39 bits per heavy atom. The van der Waals surface area contributed by atoms with Crippen LogP contribution in [-0.4, -0.2) is 46.2 Å². The van der Waals surface area contributed by atoms with Crippen LogP contribution in [0.3, 0.4) is 0 Å². The van der Waals surface area contributed by atoms with E-state index in [1.54, 1.807) is 12.1 Å². The molecule has 2 rings (SSSR count). The SMILES string of the molecule is NS(=O)(=O)c1ccc(NCN2CCNCC2)cc1. The van der Waals surface area contributed by atoms with Gasteiger partial charge in [0.1, 0.15) is 0 Å². The molecule has 100 valence electrons. The molecule has 1 aliphatic heterocycles.